The minimum Gasteiger partial charge on any atom is -0.334 e. The maximum Gasteiger partial charge on any atom is 0.416 e. The maximum absolute atomic E-state index is 12.4. The van der Waals surface area contributed by atoms with E-state index in [0.717, 1.165) is 12.1 Å². The van der Waals surface area contributed by atoms with E-state index in [0.29, 0.717) is 24.4 Å². The number of hydrogen-bond acceptors (Lipinski definition) is 4. The van der Waals surface area contributed by atoms with Gasteiger partial charge in [-0.15, -0.1) is 0 Å². The lowest BCUT2D eigenvalue weighted by molar-refractivity contribution is -0.137. The predicted octanol–water partition coefficient (Wildman–Crippen LogP) is 2.52. The van der Waals surface area contributed by atoms with Crippen LogP contribution in [0.1, 0.15) is 11.4 Å². The Hall–Kier alpha value is -1.89. The molecule has 1 aromatic carbocycles. The summed E-state index contributed by atoms with van der Waals surface area (Å²) in [6.07, 6.45) is -3.74. The zero-order chi connectivity index (χ0) is 13.9. The van der Waals surface area contributed by atoms with E-state index >= 15 is 0 Å². The Kier molecular flexibility index (Phi) is 3.84. The molecule has 1 aromatic heterocycles. The highest BCUT2D eigenvalue weighted by molar-refractivity contribution is 5.53. The Morgan fingerprint density at radius 2 is 1.89 bits per heavy atom. The molecular formula is C12H12F3N3O. The van der Waals surface area contributed by atoms with Gasteiger partial charge in [-0.2, -0.15) is 18.2 Å². The molecule has 0 amide bonds. The molecular weight excluding hydrogens is 259 g/mol. The monoisotopic (exact) mass is 271 g/mol. The quantitative estimate of drug-likeness (QED) is 0.928. The average molecular weight is 271 g/mol. The van der Waals surface area contributed by atoms with Gasteiger partial charge in [0.25, 0.3) is 5.89 Å². The van der Waals surface area contributed by atoms with Crippen molar-refractivity contribution in [1.29, 1.82) is 0 Å². The van der Waals surface area contributed by atoms with Crippen LogP contribution in [0.4, 0.5) is 13.2 Å². The Morgan fingerprint density at radius 3 is 2.47 bits per heavy atom. The summed E-state index contributed by atoms with van der Waals surface area (Å²) < 4.78 is 42.2. The molecule has 1 heterocycles. The van der Waals surface area contributed by atoms with Gasteiger partial charge >= 0.3 is 6.18 Å². The van der Waals surface area contributed by atoms with Gasteiger partial charge in [0.05, 0.1) is 5.56 Å². The molecule has 0 saturated heterocycles. The molecule has 4 nitrogen and oxygen atoms in total. The lowest BCUT2D eigenvalue weighted by atomic mass is 10.1. The van der Waals surface area contributed by atoms with Crippen molar-refractivity contribution in [2.45, 2.75) is 12.6 Å². The lowest BCUT2D eigenvalue weighted by Gasteiger charge is -2.05. The molecule has 0 unspecified atom stereocenters. The molecule has 0 aliphatic carbocycles. The van der Waals surface area contributed by atoms with Crippen molar-refractivity contribution in [3.8, 4) is 11.5 Å². The molecule has 0 spiro atoms. The second-order valence-electron chi connectivity index (χ2n) is 3.94. The average Bonchev–Trinajstić information content (AvgIpc) is 2.84. The Balaban J connectivity index is 2.16. The minimum atomic E-state index is -4.34. The van der Waals surface area contributed by atoms with Crippen LogP contribution < -0.4 is 5.32 Å². The fourth-order valence-electron chi connectivity index (χ4n) is 1.51. The number of alkyl halides is 3. The minimum absolute atomic E-state index is 0.222. The van der Waals surface area contributed by atoms with E-state index in [2.05, 4.69) is 15.5 Å². The number of likely N-dealkylation sites (N-methyl/N-ethyl adjacent to an activating group) is 1. The van der Waals surface area contributed by atoms with Crippen LogP contribution in [0, 0.1) is 0 Å². The van der Waals surface area contributed by atoms with Crippen LogP contribution in [0.25, 0.3) is 11.5 Å². The fraction of sp³-hybridized carbons (Fsp3) is 0.333. The first-order valence-electron chi connectivity index (χ1n) is 5.65. The summed E-state index contributed by atoms with van der Waals surface area (Å²) in [7, 11) is 1.80. The number of nitrogens with one attached hydrogen (secondary N) is 1. The van der Waals surface area contributed by atoms with Gasteiger partial charge in [-0.1, -0.05) is 5.16 Å². The number of rotatable bonds is 4. The molecule has 0 saturated carbocycles. The summed E-state index contributed by atoms with van der Waals surface area (Å²) in [5, 5.41) is 6.70. The van der Waals surface area contributed by atoms with Crippen LogP contribution in [0.5, 0.6) is 0 Å². The van der Waals surface area contributed by atoms with Gasteiger partial charge in [0.15, 0.2) is 5.82 Å². The third kappa shape index (κ3) is 3.31. The van der Waals surface area contributed by atoms with Crippen molar-refractivity contribution in [3.63, 3.8) is 0 Å². The van der Waals surface area contributed by atoms with Crippen molar-refractivity contribution in [2.24, 2.45) is 0 Å². The molecule has 0 aliphatic heterocycles. The third-order valence-corrected chi connectivity index (χ3v) is 2.53. The zero-order valence-corrected chi connectivity index (χ0v) is 10.2. The van der Waals surface area contributed by atoms with E-state index in [4.69, 9.17) is 4.52 Å². The number of nitrogens with zero attached hydrogens (tertiary/aromatic N) is 2. The van der Waals surface area contributed by atoms with Gasteiger partial charge in [-0.3, -0.25) is 0 Å². The Labute approximate surface area is 107 Å². The molecule has 0 aliphatic rings. The van der Waals surface area contributed by atoms with Crippen molar-refractivity contribution in [2.75, 3.05) is 13.6 Å². The second-order valence-corrected chi connectivity index (χ2v) is 3.94. The molecule has 1 N–H and O–H groups in total. The molecule has 2 aromatic rings. The maximum atomic E-state index is 12.4. The van der Waals surface area contributed by atoms with Crippen molar-refractivity contribution < 1.29 is 17.7 Å². The van der Waals surface area contributed by atoms with E-state index in [9.17, 15) is 13.2 Å². The fourth-order valence-corrected chi connectivity index (χ4v) is 1.51. The number of aromatic nitrogens is 2. The van der Waals surface area contributed by atoms with E-state index in [1.165, 1.54) is 12.1 Å². The Morgan fingerprint density at radius 1 is 1.21 bits per heavy atom. The SMILES string of the molecule is CNCCc1noc(-c2ccc(C(F)(F)F)cc2)n1. The first-order valence-corrected chi connectivity index (χ1v) is 5.65. The van der Waals surface area contributed by atoms with E-state index in [-0.39, 0.29) is 5.89 Å². The van der Waals surface area contributed by atoms with Crippen LogP contribution in [-0.4, -0.2) is 23.7 Å². The van der Waals surface area contributed by atoms with E-state index in [1.54, 1.807) is 7.05 Å². The molecule has 102 valence electrons. The molecule has 0 radical (unpaired) electrons. The zero-order valence-electron chi connectivity index (χ0n) is 10.2. The van der Waals surface area contributed by atoms with Crippen molar-refractivity contribution in [1.82, 2.24) is 15.5 Å². The van der Waals surface area contributed by atoms with Crippen LogP contribution in [0.2, 0.25) is 0 Å². The molecule has 0 fully saturated rings. The molecule has 7 heteroatoms. The van der Waals surface area contributed by atoms with Crippen molar-refractivity contribution in [3.05, 3.63) is 35.7 Å². The smallest absolute Gasteiger partial charge is 0.334 e. The topological polar surface area (TPSA) is 51.0 Å². The van der Waals surface area contributed by atoms with Crippen LogP contribution >= 0.6 is 0 Å². The van der Waals surface area contributed by atoms with E-state index in [1.807, 2.05) is 0 Å². The van der Waals surface area contributed by atoms with Crippen molar-refractivity contribution >= 4 is 0 Å². The highest BCUT2D eigenvalue weighted by Crippen LogP contribution is 2.30. The van der Waals surface area contributed by atoms with Gasteiger partial charge in [0.1, 0.15) is 0 Å². The predicted molar refractivity (Wildman–Crippen MR) is 62.4 cm³/mol. The van der Waals surface area contributed by atoms with Crippen LogP contribution in [-0.2, 0) is 12.6 Å². The van der Waals surface area contributed by atoms with Gasteiger partial charge in [-0.05, 0) is 31.3 Å². The number of benzene rings is 1. The highest BCUT2D eigenvalue weighted by Gasteiger charge is 2.30. The molecule has 2 rings (SSSR count). The summed E-state index contributed by atoms with van der Waals surface area (Å²) in [6, 6.07) is 4.62. The first-order chi connectivity index (χ1) is 9.00. The van der Waals surface area contributed by atoms with Gasteiger partial charge < -0.3 is 9.84 Å². The summed E-state index contributed by atoms with van der Waals surface area (Å²) in [5.41, 5.74) is -0.234. The highest BCUT2D eigenvalue weighted by atomic mass is 19.4. The standard InChI is InChI=1S/C12H12F3N3O/c1-16-7-6-10-17-11(19-18-10)8-2-4-9(5-3-8)12(13,14)15/h2-5,16H,6-7H2,1H3. The molecule has 19 heavy (non-hydrogen) atoms. The van der Waals surface area contributed by atoms with Crippen LogP contribution in [0.3, 0.4) is 0 Å². The molecule has 0 bridgehead atoms. The lowest BCUT2D eigenvalue weighted by Crippen LogP contribution is -2.11. The normalized spacial score (nSPS) is 11.8. The van der Waals surface area contributed by atoms with Gasteiger partial charge in [0.2, 0.25) is 0 Å². The third-order valence-electron chi connectivity index (χ3n) is 2.53. The van der Waals surface area contributed by atoms with Gasteiger partial charge in [0, 0.05) is 18.5 Å². The summed E-state index contributed by atoms with van der Waals surface area (Å²) in [6.45, 7) is 0.700. The first kappa shape index (κ1) is 13.5. The van der Waals surface area contributed by atoms with Crippen LogP contribution in [0.15, 0.2) is 28.8 Å². The molecule has 0 atom stereocenters. The summed E-state index contributed by atoms with van der Waals surface area (Å²) in [4.78, 5) is 4.11. The Bertz CT molecular complexity index is 534. The largest absolute Gasteiger partial charge is 0.416 e. The summed E-state index contributed by atoms with van der Waals surface area (Å²) >= 11 is 0. The van der Waals surface area contributed by atoms with Gasteiger partial charge in [-0.25, -0.2) is 0 Å². The summed E-state index contributed by atoms with van der Waals surface area (Å²) in [5.74, 6) is 0.740. The number of hydrogen-bond donors (Lipinski definition) is 1. The van der Waals surface area contributed by atoms with E-state index < -0.39 is 11.7 Å². The second kappa shape index (κ2) is 5.40. The number of halogens is 3.